The molecule has 1 aliphatic rings. The molecule has 28 heavy (non-hydrogen) atoms. The van der Waals surface area contributed by atoms with Gasteiger partial charge in [0.2, 0.25) is 11.9 Å². The van der Waals surface area contributed by atoms with Crippen molar-refractivity contribution in [2.45, 2.75) is 0 Å². The molecule has 0 aliphatic carbocycles. The Hall–Kier alpha value is -3.52. The van der Waals surface area contributed by atoms with Gasteiger partial charge in [-0.25, -0.2) is 4.98 Å². The summed E-state index contributed by atoms with van der Waals surface area (Å²) in [5, 5.41) is 1.07. The van der Waals surface area contributed by atoms with E-state index in [1.807, 2.05) is 36.7 Å². The molecule has 1 fully saturated rings. The molecule has 8 heteroatoms. The van der Waals surface area contributed by atoms with Crippen LogP contribution in [0.15, 0.2) is 49.6 Å². The number of fused-ring (bicyclic) bond motifs is 1. The lowest BCUT2D eigenvalue weighted by atomic mass is 10.1. The zero-order valence-corrected chi connectivity index (χ0v) is 15.2. The van der Waals surface area contributed by atoms with E-state index in [2.05, 4.69) is 21.4 Å². The molecule has 1 N–H and O–H groups in total. The van der Waals surface area contributed by atoms with Gasteiger partial charge in [-0.15, -0.1) is 0 Å². The number of imidazole rings is 1. The molecule has 1 aromatic carbocycles. The van der Waals surface area contributed by atoms with Crippen LogP contribution in [0, 0.1) is 0 Å². The van der Waals surface area contributed by atoms with Crippen molar-refractivity contribution in [2.75, 3.05) is 31.2 Å². The summed E-state index contributed by atoms with van der Waals surface area (Å²) in [4.78, 5) is 23.9. The number of benzene rings is 1. The highest BCUT2D eigenvalue weighted by molar-refractivity contribution is 5.93. The Morgan fingerprint density at radius 2 is 1.93 bits per heavy atom. The van der Waals surface area contributed by atoms with Gasteiger partial charge in [-0.2, -0.15) is 15.0 Å². The Balaban J connectivity index is 1.68. The van der Waals surface area contributed by atoms with E-state index in [0.717, 1.165) is 35.2 Å². The van der Waals surface area contributed by atoms with E-state index in [1.54, 1.807) is 17.0 Å². The van der Waals surface area contributed by atoms with Crippen molar-refractivity contribution in [3.05, 3.63) is 55.3 Å². The van der Waals surface area contributed by atoms with Crippen molar-refractivity contribution in [1.29, 1.82) is 0 Å². The third-order valence-electron chi connectivity index (χ3n) is 4.78. The molecule has 3 aromatic heterocycles. The van der Waals surface area contributed by atoms with E-state index >= 15 is 0 Å². The molecule has 0 unspecified atom stereocenters. The lowest BCUT2D eigenvalue weighted by Gasteiger charge is -2.27. The van der Waals surface area contributed by atoms with E-state index < -0.39 is 0 Å². The average molecular weight is 373 g/mol. The number of H-pyrrole nitrogens is 1. The first-order valence-electron chi connectivity index (χ1n) is 9.14. The smallest absolute Gasteiger partial charge is 0.240 e. The fraction of sp³-hybridized carbons (Fsp3) is 0.200. The Bertz CT molecular complexity index is 1140. The lowest BCUT2D eigenvalue weighted by molar-refractivity contribution is 0.122. The van der Waals surface area contributed by atoms with Crippen molar-refractivity contribution in [3.63, 3.8) is 0 Å². The van der Waals surface area contributed by atoms with Crippen LogP contribution in [0.5, 0.6) is 0 Å². The van der Waals surface area contributed by atoms with Crippen LogP contribution in [0.25, 0.3) is 34.3 Å². The number of anilines is 1. The molecular weight excluding hydrogens is 354 g/mol. The zero-order chi connectivity index (χ0) is 18.9. The minimum absolute atomic E-state index is 0.527. The quantitative estimate of drug-likeness (QED) is 0.592. The van der Waals surface area contributed by atoms with Crippen molar-refractivity contribution < 1.29 is 4.74 Å². The molecule has 0 bridgehead atoms. The van der Waals surface area contributed by atoms with E-state index in [-0.39, 0.29) is 0 Å². The topological polar surface area (TPSA) is 84.8 Å². The molecule has 0 saturated carbocycles. The Morgan fingerprint density at radius 1 is 1.07 bits per heavy atom. The molecule has 0 spiro atoms. The highest BCUT2D eigenvalue weighted by Gasteiger charge is 2.19. The standard InChI is InChI=1S/C20H19N7O/c1-2-14-12-27(13-22-14)20-24-18(16-4-3-5-17-15(16)6-7-21-17)23-19(25-20)26-8-10-28-11-9-26/h2-7,12-13,21H,1,8-11H2. The number of aromatic amines is 1. The maximum Gasteiger partial charge on any atom is 0.240 e. The van der Waals surface area contributed by atoms with Gasteiger partial charge >= 0.3 is 0 Å². The Labute approximate surface area is 161 Å². The van der Waals surface area contributed by atoms with Crippen LogP contribution in [-0.2, 0) is 4.74 Å². The highest BCUT2D eigenvalue weighted by Crippen LogP contribution is 2.27. The molecule has 140 valence electrons. The number of ether oxygens (including phenoxy) is 1. The molecule has 4 aromatic rings. The predicted octanol–water partition coefficient (Wildman–Crippen LogP) is 2.69. The van der Waals surface area contributed by atoms with Crippen molar-refractivity contribution in [2.24, 2.45) is 0 Å². The van der Waals surface area contributed by atoms with Gasteiger partial charge in [-0.3, -0.25) is 4.57 Å². The van der Waals surface area contributed by atoms with Gasteiger partial charge in [0.1, 0.15) is 6.33 Å². The van der Waals surface area contributed by atoms with Gasteiger partial charge in [-0.05, 0) is 18.2 Å². The molecule has 1 aliphatic heterocycles. The first kappa shape index (κ1) is 16.6. The summed E-state index contributed by atoms with van der Waals surface area (Å²) in [5.41, 5.74) is 2.77. The SMILES string of the molecule is C=Cc1cn(-c2nc(-c3cccc4[nH]ccc34)nc(N3CCOCC3)n2)cn1. The summed E-state index contributed by atoms with van der Waals surface area (Å²) in [6.45, 7) is 6.59. The summed E-state index contributed by atoms with van der Waals surface area (Å²) < 4.78 is 7.27. The van der Waals surface area contributed by atoms with Gasteiger partial charge in [-0.1, -0.05) is 18.7 Å². The summed E-state index contributed by atoms with van der Waals surface area (Å²) in [6.07, 6.45) is 7.16. The van der Waals surface area contributed by atoms with Crippen LogP contribution >= 0.6 is 0 Å². The normalized spacial score (nSPS) is 14.5. The summed E-state index contributed by atoms with van der Waals surface area (Å²) in [5.74, 6) is 1.80. The maximum atomic E-state index is 5.47. The number of hydrogen-bond donors (Lipinski definition) is 1. The maximum absolute atomic E-state index is 5.47. The fourth-order valence-corrected chi connectivity index (χ4v) is 3.33. The predicted molar refractivity (Wildman–Crippen MR) is 107 cm³/mol. The molecule has 4 heterocycles. The van der Waals surface area contributed by atoms with Crippen LogP contribution in [0.3, 0.4) is 0 Å². The monoisotopic (exact) mass is 373 g/mol. The molecular formula is C20H19N7O. The molecule has 0 radical (unpaired) electrons. The van der Waals surface area contributed by atoms with Gasteiger partial charge in [0.25, 0.3) is 0 Å². The number of aromatic nitrogens is 6. The Kier molecular flexibility index (Phi) is 4.10. The fourth-order valence-electron chi connectivity index (χ4n) is 3.33. The average Bonchev–Trinajstić information content (AvgIpc) is 3.43. The van der Waals surface area contributed by atoms with Gasteiger partial charge in [0.15, 0.2) is 5.82 Å². The van der Waals surface area contributed by atoms with Gasteiger partial charge in [0, 0.05) is 41.9 Å². The molecule has 1 saturated heterocycles. The van der Waals surface area contributed by atoms with E-state index in [9.17, 15) is 0 Å². The van der Waals surface area contributed by atoms with Crippen molar-refractivity contribution >= 4 is 22.9 Å². The third-order valence-corrected chi connectivity index (χ3v) is 4.78. The second kappa shape index (κ2) is 6.90. The van der Waals surface area contributed by atoms with Gasteiger partial charge < -0.3 is 14.6 Å². The second-order valence-corrected chi connectivity index (χ2v) is 6.51. The van der Waals surface area contributed by atoms with E-state index in [4.69, 9.17) is 19.7 Å². The van der Waals surface area contributed by atoms with Crippen molar-refractivity contribution in [1.82, 2.24) is 29.5 Å². The number of morpholine rings is 1. The largest absolute Gasteiger partial charge is 0.378 e. The molecule has 0 amide bonds. The first-order chi connectivity index (χ1) is 13.8. The minimum Gasteiger partial charge on any atom is -0.378 e. The number of nitrogens with zero attached hydrogens (tertiary/aromatic N) is 6. The summed E-state index contributed by atoms with van der Waals surface area (Å²) in [6, 6.07) is 8.10. The van der Waals surface area contributed by atoms with Crippen LogP contribution in [-0.4, -0.2) is 55.8 Å². The number of nitrogens with one attached hydrogen (secondary N) is 1. The van der Waals surface area contributed by atoms with E-state index in [1.165, 1.54) is 0 Å². The van der Waals surface area contributed by atoms with Gasteiger partial charge in [0.05, 0.1) is 18.9 Å². The molecule has 0 atom stereocenters. The summed E-state index contributed by atoms with van der Waals surface area (Å²) >= 11 is 0. The van der Waals surface area contributed by atoms with Crippen LogP contribution < -0.4 is 4.90 Å². The number of rotatable bonds is 4. The molecule has 8 nitrogen and oxygen atoms in total. The van der Waals surface area contributed by atoms with Crippen molar-refractivity contribution in [3.8, 4) is 17.3 Å². The Morgan fingerprint density at radius 3 is 2.75 bits per heavy atom. The number of hydrogen-bond acceptors (Lipinski definition) is 6. The lowest BCUT2D eigenvalue weighted by Crippen LogP contribution is -2.37. The highest BCUT2D eigenvalue weighted by atomic mass is 16.5. The second-order valence-electron chi connectivity index (χ2n) is 6.51. The first-order valence-corrected chi connectivity index (χ1v) is 9.14. The zero-order valence-electron chi connectivity index (χ0n) is 15.2. The van der Waals surface area contributed by atoms with E-state index in [0.29, 0.717) is 30.9 Å². The van der Waals surface area contributed by atoms with Crippen LogP contribution in [0.1, 0.15) is 5.69 Å². The summed E-state index contributed by atoms with van der Waals surface area (Å²) in [7, 11) is 0. The molecule has 5 rings (SSSR count). The van der Waals surface area contributed by atoms with Crippen LogP contribution in [0.2, 0.25) is 0 Å². The minimum atomic E-state index is 0.527. The van der Waals surface area contributed by atoms with Crippen LogP contribution in [0.4, 0.5) is 5.95 Å². The third kappa shape index (κ3) is 2.93.